The SMILES string of the molecule is CB/C=C\C=C/C/C=C\C=C/N(C)CC(C)(C)C. The van der Waals surface area contributed by atoms with Crippen LogP contribution in [0.15, 0.2) is 48.6 Å². The van der Waals surface area contributed by atoms with Crippen LogP contribution in [0, 0.1) is 5.41 Å². The first-order valence-electron chi connectivity index (χ1n) is 6.81. The van der Waals surface area contributed by atoms with Crippen LogP contribution in [0.1, 0.15) is 27.2 Å². The van der Waals surface area contributed by atoms with E-state index in [0.717, 1.165) is 20.2 Å². The van der Waals surface area contributed by atoms with Crippen molar-refractivity contribution >= 4 is 7.28 Å². The van der Waals surface area contributed by atoms with Gasteiger partial charge in [-0.05, 0) is 24.1 Å². The van der Waals surface area contributed by atoms with Crippen LogP contribution in [0.5, 0.6) is 0 Å². The first kappa shape index (κ1) is 16.8. The molecule has 0 aliphatic carbocycles. The molecule has 2 heteroatoms. The van der Waals surface area contributed by atoms with Gasteiger partial charge in [-0.1, -0.05) is 58.0 Å². The summed E-state index contributed by atoms with van der Waals surface area (Å²) >= 11 is 0. The summed E-state index contributed by atoms with van der Waals surface area (Å²) in [6, 6.07) is 0. The third-order valence-electron chi connectivity index (χ3n) is 2.20. The van der Waals surface area contributed by atoms with E-state index in [-0.39, 0.29) is 0 Å². The van der Waals surface area contributed by atoms with E-state index in [1.807, 2.05) is 0 Å². The zero-order valence-corrected chi connectivity index (χ0v) is 12.7. The zero-order chi connectivity index (χ0) is 13.9. The van der Waals surface area contributed by atoms with Gasteiger partial charge < -0.3 is 4.90 Å². The van der Waals surface area contributed by atoms with Crippen molar-refractivity contribution in [3.63, 3.8) is 0 Å². The number of hydrogen-bond donors (Lipinski definition) is 0. The predicted octanol–water partition coefficient (Wildman–Crippen LogP) is 3.98. The molecule has 18 heavy (non-hydrogen) atoms. The van der Waals surface area contributed by atoms with Crippen molar-refractivity contribution in [3.8, 4) is 0 Å². The summed E-state index contributed by atoms with van der Waals surface area (Å²) in [6.07, 6.45) is 15.8. The quantitative estimate of drug-likeness (QED) is 0.484. The van der Waals surface area contributed by atoms with E-state index in [4.69, 9.17) is 0 Å². The first-order chi connectivity index (χ1) is 8.45. The Morgan fingerprint density at radius 2 is 1.61 bits per heavy atom. The van der Waals surface area contributed by atoms with Gasteiger partial charge in [0.15, 0.2) is 0 Å². The molecule has 0 aliphatic rings. The predicted molar refractivity (Wildman–Crippen MR) is 86.3 cm³/mol. The molecule has 0 spiro atoms. The van der Waals surface area contributed by atoms with Crippen LogP contribution in [-0.4, -0.2) is 25.8 Å². The lowest BCUT2D eigenvalue weighted by Gasteiger charge is -2.25. The lowest BCUT2D eigenvalue weighted by atomic mass is 9.82. The largest absolute Gasteiger partial charge is 0.380 e. The van der Waals surface area contributed by atoms with Crippen molar-refractivity contribution in [2.24, 2.45) is 5.41 Å². The van der Waals surface area contributed by atoms with Crippen LogP contribution in [-0.2, 0) is 0 Å². The molecule has 0 amide bonds. The topological polar surface area (TPSA) is 3.24 Å². The Labute approximate surface area is 114 Å². The summed E-state index contributed by atoms with van der Waals surface area (Å²) < 4.78 is 0. The lowest BCUT2D eigenvalue weighted by Crippen LogP contribution is -2.24. The molecule has 0 saturated heterocycles. The van der Waals surface area contributed by atoms with Crippen molar-refractivity contribution in [1.29, 1.82) is 0 Å². The molecule has 0 radical (unpaired) electrons. The van der Waals surface area contributed by atoms with E-state index >= 15 is 0 Å². The number of hydrogen-bond acceptors (Lipinski definition) is 1. The molecule has 0 atom stereocenters. The van der Waals surface area contributed by atoms with Gasteiger partial charge in [0.2, 0.25) is 0 Å². The third kappa shape index (κ3) is 12.9. The Kier molecular flexibility index (Phi) is 9.17. The van der Waals surface area contributed by atoms with Crippen molar-refractivity contribution in [2.75, 3.05) is 13.6 Å². The second-order valence-corrected chi connectivity index (χ2v) is 5.75. The molecule has 0 aromatic heterocycles. The highest BCUT2D eigenvalue weighted by Crippen LogP contribution is 2.13. The first-order valence-corrected chi connectivity index (χ1v) is 6.81. The van der Waals surface area contributed by atoms with Gasteiger partial charge in [0.1, 0.15) is 7.28 Å². The maximum atomic E-state index is 2.25. The smallest absolute Gasteiger partial charge is 0.144 e. The number of nitrogens with zero attached hydrogens (tertiary/aromatic N) is 1. The van der Waals surface area contributed by atoms with E-state index in [1.54, 1.807) is 0 Å². The fourth-order valence-corrected chi connectivity index (χ4v) is 1.61. The molecule has 100 valence electrons. The molecule has 0 aromatic carbocycles. The van der Waals surface area contributed by atoms with Crippen LogP contribution in [0.2, 0.25) is 6.82 Å². The van der Waals surface area contributed by atoms with Crippen LogP contribution >= 0.6 is 0 Å². The Hall–Kier alpha value is -1.18. The molecule has 0 fully saturated rings. The van der Waals surface area contributed by atoms with Gasteiger partial charge in [-0.25, -0.2) is 0 Å². The molecular formula is C16H28BN. The van der Waals surface area contributed by atoms with Crippen LogP contribution in [0.4, 0.5) is 0 Å². The Bertz CT molecular complexity index is 306. The number of allylic oxidation sites excluding steroid dienone is 6. The molecule has 1 nitrogen and oxygen atoms in total. The van der Waals surface area contributed by atoms with Gasteiger partial charge in [0.05, 0.1) is 0 Å². The maximum Gasteiger partial charge on any atom is 0.144 e. The van der Waals surface area contributed by atoms with Crippen LogP contribution in [0.3, 0.4) is 0 Å². The van der Waals surface area contributed by atoms with Gasteiger partial charge in [-0.3, -0.25) is 0 Å². The van der Waals surface area contributed by atoms with Crippen molar-refractivity contribution in [3.05, 3.63) is 48.6 Å². The second kappa shape index (κ2) is 9.81. The average Bonchev–Trinajstić information content (AvgIpc) is 2.24. The highest BCUT2D eigenvalue weighted by Gasteiger charge is 2.10. The average molecular weight is 245 g/mol. The molecule has 0 saturated carbocycles. The van der Waals surface area contributed by atoms with Gasteiger partial charge in [-0.2, -0.15) is 0 Å². The molecule has 0 N–H and O–H groups in total. The molecule has 0 aliphatic heterocycles. The number of rotatable bonds is 7. The van der Waals surface area contributed by atoms with Gasteiger partial charge in [0, 0.05) is 13.6 Å². The third-order valence-corrected chi connectivity index (χ3v) is 2.20. The fraction of sp³-hybridized carbons (Fsp3) is 0.500. The fourth-order valence-electron chi connectivity index (χ4n) is 1.61. The minimum absolute atomic E-state index is 0.344. The second-order valence-electron chi connectivity index (χ2n) is 5.75. The van der Waals surface area contributed by atoms with Crippen molar-refractivity contribution in [2.45, 2.75) is 34.0 Å². The molecular weight excluding hydrogens is 217 g/mol. The maximum absolute atomic E-state index is 2.25. The highest BCUT2D eigenvalue weighted by atomic mass is 15.1. The van der Waals surface area contributed by atoms with Crippen molar-refractivity contribution in [1.82, 2.24) is 4.90 Å². The summed E-state index contributed by atoms with van der Waals surface area (Å²) in [5.41, 5.74) is 0.344. The van der Waals surface area contributed by atoms with E-state index < -0.39 is 0 Å². The molecule has 0 aromatic rings. The van der Waals surface area contributed by atoms with Crippen LogP contribution in [0.25, 0.3) is 0 Å². The Morgan fingerprint density at radius 1 is 1.00 bits per heavy atom. The van der Waals surface area contributed by atoms with E-state index in [2.05, 4.69) is 88.2 Å². The zero-order valence-electron chi connectivity index (χ0n) is 12.7. The standard InChI is InChI=1S/C16H28BN/c1-16(2,3)15-18(5)14-12-10-8-6-7-9-11-13-17-4/h7-14,17H,6,15H2,1-5H3/b9-7-,10-8-,13-11-,14-12-. The highest BCUT2D eigenvalue weighted by molar-refractivity contribution is 6.40. The molecule has 0 unspecified atom stereocenters. The molecule has 0 rings (SSSR count). The normalized spacial score (nSPS) is 13.4. The van der Waals surface area contributed by atoms with Crippen LogP contribution < -0.4 is 0 Å². The molecule has 0 bridgehead atoms. The summed E-state index contributed by atoms with van der Waals surface area (Å²) in [4.78, 5) is 2.23. The van der Waals surface area contributed by atoms with Crippen molar-refractivity contribution < 1.29 is 0 Å². The summed E-state index contributed by atoms with van der Waals surface area (Å²) in [5, 5.41) is 0. The van der Waals surface area contributed by atoms with Gasteiger partial charge in [0.25, 0.3) is 0 Å². The van der Waals surface area contributed by atoms with Gasteiger partial charge >= 0.3 is 0 Å². The Morgan fingerprint density at radius 3 is 2.17 bits per heavy atom. The summed E-state index contributed by atoms with van der Waals surface area (Å²) in [5.74, 6) is 2.15. The molecule has 0 heterocycles. The van der Waals surface area contributed by atoms with Gasteiger partial charge in [-0.15, -0.1) is 5.98 Å². The minimum atomic E-state index is 0.344. The lowest BCUT2D eigenvalue weighted by molar-refractivity contribution is 0.285. The van der Waals surface area contributed by atoms with E-state index in [9.17, 15) is 0 Å². The summed E-state index contributed by atoms with van der Waals surface area (Å²) in [7, 11) is 3.22. The monoisotopic (exact) mass is 245 g/mol. The summed E-state index contributed by atoms with van der Waals surface area (Å²) in [6.45, 7) is 9.97. The Balaban J connectivity index is 3.81. The van der Waals surface area contributed by atoms with E-state index in [1.165, 1.54) is 0 Å². The van der Waals surface area contributed by atoms with E-state index in [0.29, 0.717) is 5.41 Å². The minimum Gasteiger partial charge on any atom is -0.380 e.